The Morgan fingerprint density at radius 2 is 1.96 bits per heavy atom. The highest BCUT2D eigenvalue weighted by atomic mass is 16.1. The third kappa shape index (κ3) is 3.31. The van der Waals surface area contributed by atoms with Gasteiger partial charge < -0.3 is 0 Å². The van der Waals surface area contributed by atoms with Crippen molar-refractivity contribution in [1.82, 2.24) is 0 Å². The predicted octanol–water partition coefficient (Wildman–Crippen LogP) is 4.99. The summed E-state index contributed by atoms with van der Waals surface area (Å²) in [6, 6.07) is 9.50. The van der Waals surface area contributed by atoms with E-state index in [1.807, 2.05) is 30.3 Å². The molecule has 2 nitrogen and oxygen atoms in total. The van der Waals surface area contributed by atoms with Crippen molar-refractivity contribution in [1.29, 1.82) is 0 Å². The van der Waals surface area contributed by atoms with Gasteiger partial charge in [0.25, 0.3) is 0 Å². The van der Waals surface area contributed by atoms with Crippen LogP contribution in [0.5, 0.6) is 0 Å². The fourth-order valence-corrected chi connectivity index (χ4v) is 4.27. The normalized spacial score (nSPS) is 26.5. The van der Waals surface area contributed by atoms with Crippen LogP contribution in [0.3, 0.4) is 0 Å². The molecule has 0 amide bonds. The molecule has 1 aromatic rings. The zero-order chi connectivity index (χ0) is 16.2. The lowest BCUT2D eigenvalue weighted by Crippen LogP contribution is -2.27. The van der Waals surface area contributed by atoms with E-state index in [1.165, 1.54) is 12.0 Å². The highest BCUT2D eigenvalue weighted by Crippen LogP contribution is 2.48. The Morgan fingerprint density at radius 1 is 1.17 bits per heavy atom. The maximum atomic E-state index is 13.0. The first-order chi connectivity index (χ1) is 11.2. The van der Waals surface area contributed by atoms with Crippen molar-refractivity contribution < 1.29 is 9.59 Å². The molecule has 2 aliphatic rings. The van der Waals surface area contributed by atoms with E-state index in [0.717, 1.165) is 37.7 Å². The molecule has 1 fully saturated rings. The minimum absolute atomic E-state index is 0.142. The summed E-state index contributed by atoms with van der Waals surface area (Å²) in [4.78, 5) is 25.8. The van der Waals surface area contributed by atoms with E-state index < -0.39 is 0 Å². The fourth-order valence-electron chi connectivity index (χ4n) is 4.27. The van der Waals surface area contributed by atoms with Crippen molar-refractivity contribution in [2.75, 3.05) is 0 Å². The number of allylic oxidation sites excluding steroid dienone is 2. The summed E-state index contributed by atoms with van der Waals surface area (Å²) in [5.74, 6) is 0.611. The SMILES string of the molecule is CCCCC(=O)C1C2=CCCCC2CC1C(=O)c1ccccc1. The maximum Gasteiger partial charge on any atom is 0.167 e. The van der Waals surface area contributed by atoms with E-state index in [2.05, 4.69) is 13.0 Å². The number of fused-ring (bicyclic) bond motifs is 1. The van der Waals surface area contributed by atoms with Gasteiger partial charge in [0, 0.05) is 23.8 Å². The molecule has 0 heterocycles. The number of ketones is 2. The second kappa shape index (κ2) is 7.25. The van der Waals surface area contributed by atoms with E-state index in [-0.39, 0.29) is 23.4 Å². The second-order valence-electron chi connectivity index (χ2n) is 6.95. The number of carbonyl (C=O) groups excluding carboxylic acids is 2. The van der Waals surface area contributed by atoms with Gasteiger partial charge >= 0.3 is 0 Å². The first-order valence-electron chi connectivity index (χ1n) is 9.04. The monoisotopic (exact) mass is 310 g/mol. The molecule has 0 spiro atoms. The van der Waals surface area contributed by atoms with Crippen molar-refractivity contribution >= 4 is 11.6 Å². The molecule has 0 N–H and O–H groups in total. The lowest BCUT2D eigenvalue weighted by molar-refractivity contribution is -0.122. The molecular formula is C21H26O2. The average Bonchev–Trinajstić information content (AvgIpc) is 2.99. The van der Waals surface area contributed by atoms with Gasteiger partial charge in [0.2, 0.25) is 0 Å². The third-order valence-corrected chi connectivity index (χ3v) is 5.43. The Balaban J connectivity index is 1.88. The zero-order valence-electron chi connectivity index (χ0n) is 14.0. The van der Waals surface area contributed by atoms with E-state index in [4.69, 9.17) is 0 Å². The lowest BCUT2D eigenvalue weighted by Gasteiger charge is -2.21. The Hall–Kier alpha value is -1.70. The van der Waals surface area contributed by atoms with Crippen LogP contribution in [0, 0.1) is 17.8 Å². The molecule has 3 rings (SSSR count). The van der Waals surface area contributed by atoms with Crippen molar-refractivity contribution in [3.05, 3.63) is 47.5 Å². The molecule has 23 heavy (non-hydrogen) atoms. The van der Waals surface area contributed by atoms with Gasteiger partial charge in [-0.3, -0.25) is 9.59 Å². The fraction of sp³-hybridized carbons (Fsp3) is 0.524. The standard InChI is InChI=1S/C21H26O2/c1-2-3-13-19(22)20-17-12-8-7-11-16(17)14-18(20)21(23)15-9-5-4-6-10-15/h4-6,9-10,12,16,18,20H,2-3,7-8,11,13-14H2,1H3. The molecule has 1 aromatic carbocycles. The zero-order valence-corrected chi connectivity index (χ0v) is 14.0. The summed E-state index contributed by atoms with van der Waals surface area (Å²) in [5, 5.41) is 0. The average molecular weight is 310 g/mol. The van der Waals surface area contributed by atoms with Crippen LogP contribution in [0.2, 0.25) is 0 Å². The topological polar surface area (TPSA) is 34.1 Å². The van der Waals surface area contributed by atoms with Gasteiger partial charge in [-0.2, -0.15) is 0 Å². The minimum Gasteiger partial charge on any atom is -0.299 e. The van der Waals surface area contributed by atoms with Crippen LogP contribution in [0.15, 0.2) is 42.0 Å². The molecule has 0 aromatic heterocycles. The number of benzene rings is 1. The predicted molar refractivity (Wildman–Crippen MR) is 92.3 cm³/mol. The molecule has 3 atom stereocenters. The number of hydrogen-bond donors (Lipinski definition) is 0. The number of hydrogen-bond acceptors (Lipinski definition) is 2. The van der Waals surface area contributed by atoms with Gasteiger partial charge in [0.05, 0.1) is 0 Å². The van der Waals surface area contributed by atoms with Gasteiger partial charge in [-0.15, -0.1) is 0 Å². The van der Waals surface area contributed by atoms with E-state index in [0.29, 0.717) is 12.3 Å². The Kier molecular flexibility index (Phi) is 5.09. The lowest BCUT2D eigenvalue weighted by atomic mass is 9.81. The van der Waals surface area contributed by atoms with Gasteiger partial charge in [-0.05, 0) is 38.0 Å². The Bertz CT molecular complexity index is 600. The molecule has 0 radical (unpaired) electrons. The van der Waals surface area contributed by atoms with Crippen LogP contribution in [-0.4, -0.2) is 11.6 Å². The van der Waals surface area contributed by atoms with Crippen LogP contribution < -0.4 is 0 Å². The number of unbranched alkanes of at least 4 members (excludes halogenated alkanes) is 1. The quantitative estimate of drug-likeness (QED) is 0.548. The number of rotatable bonds is 6. The molecule has 3 unspecified atom stereocenters. The van der Waals surface area contributed by atoms with E-state index >= 15 is 0 Å². The van der Waals surface area contributed by atoms with Crippen LogP contribution in [0.25, 0.3) is 0 Å². The summed E-state index contributed by atoms with van der Waals surface area (Å²) >= 11 is 0. The highest BCUT2D eigenvalue weighted by Gasteiger charge is 2.45. The summed E-state index contributed by atoms with van der Waals surface area (Å²) < 4.78 is 0. The van der Waals surface area contributed by atoms with Crippen molar-refractivity contribution in [2.45, 2.75) is 51.9 Å². The molecule has 122 valence electrons. The molecule has 0 saturated heterocycles. The largest absolute Gasteiger partial charge is 0.299 e. The molecule has 2 aliphatic carbocycles. The van der Waals surface area contributed by atoms with E-state index in [1.54, 1.807) is 0 Å². The first kappa shape index (κ1) is 16.2. The summed E-state index contributed by atoms with van der Waals surface area (Å²) in [6.07, 6.45) is 9.10. The number of carbonyl (C=O) groups is 2. The van der Waals surface area contributed by atoms with Crippen LogP contribution in [0.4, 0.5) is 0 Å². The Labute approximate surface area is 139 Å². The van der Waals surface area contributed by atoms with Gasteiger partial charge in [0.1, 0.15) is 5.78 Å². The highest BCUT2D eigenvalue weighted by molar-refractivity contribution is 6.02. The van der Waals surface area contributed by atoms with Crippen LogP contribution >= 0.6 is 0 Å². The summed E-state index contributed by atoms with van der Waals surface area (Å²) in [5.41, 5.74) is 2.04. The first-order valence-corrected chi connectivity index (χ1v) is 9.04. The Morgan fingerprint density at radius 3 is 2.70 bits per heavy atom. The maximum absolute atomic E-state index is 13.0. The molecule has 0 bridgehead atoms. The molecule has 2 heteroatoms. The van der Waals surface area contributed by atoms with Gasteiger partial charge in [0.15, 0.2) is 5.78 Å². The molecular weight excluding hydrogens is 284 g/mol. The summed E-state index contributed by atoms with van der Waals surface area (Å²) in [7, 11) is 0. The molecule has 1 saturated carbocycles. The second-order valence-corrected chi connectivity index (χ2v) is 6.95. The van der Waals surface area contributed by atoms with Crippen LogP contribution in [0.1, 0.15) is 62.2 Å². The smallest absolute Gasteiger partial charge is 0.167 e. The van der Waals surface area contributed by atoms with Crippen molar-refractivity contribution in [3.8, 4) is 0 Å². The van der Waals surface area contributed by atoms with Gasteiger partial charge in [-0.1, -0.05) is 55.3 Å². The number of Topliss-reactive ketones (excluding diaryl/α,β-unsaturated/α-hetero) is 2. The summed E-state index contributed by atoms with van der Waals surface area (Å²) in [6.45, 7) is 2.11. The third-order valence-electron chi connectivity index (χ3n) is 5.43. The molecule has 0 aliphatic heterocycles. The van der Waals surface area contributed by atoms with Crippen molar-refractivity contribution in [3.63, 3.8) is 0 Å². The minimum atomic E-state index is -0.153. The van der Waals surface area contributed by atoms with Crippen molar-refractivity contribution in [2.24, 2.45) is 17.8 Å². The van der Waals surface area contributed by atoms with E-state index in [9.17, 15) is 9.59 Å². The van der Waals surface area contributed by atoms with Crippen LogP contribution in [-0.2, 0) is 4.79 Å². The van der Waals surface area contributed by atoms with Gasteiger partial charge in [-0.25, -0.2) is 0 Å².